The Morgan fingerprint density at radius 3 is 2.11 bits per heavy atom. The molecule has 0 fully saturated rings. The van der Waals surface area contributed by atoms with Crippen LogP contribution in [0, 0.1) is 0 Å². The summed E-state index contributed by atoms with van der Waals surface area (Å²) in [6.07, 6.45) is 0. The van der Waals surface area contributed by atoms with Crippen LogP contribution >= 0.6 is 11.6 Å². The molecule has 0 radical (unpaired) electrons. The van der Waals surface area contributed by atoms with Gasteiger partial charge in [0, 0.05) is 5.02 Å². The molecule has 0 aliphatic carbocycles. The molecule has 0 atom stereocenters. The second-order valence-corrected chi connectivity index (χ2v) is 4.66. The molecule has 19 heavy (non-hydrogen) atoms. The zero-order valence-corrected chi connectivity index (χ0v) is 12.8. The van der Waals surface area contributed by atoms with Crippen LogP contribution in [0.2, 0.25) is 5.02 Å². The molecule has 0 bridgehead atoms. The van der Waals surface area contributed by atoms with Crippen LogP contribution in [-0.4, -0.2) is 23.3 Å². The van der Waals surface area contributed by atoms with Gasteiger partial charge in [-0.1, -0.05) is 45.4 Å². The van der Waals surface area contributed by atoms with Gasteiger partial charge in [0.2, 0.25) is 0 Å². The molecule has 1 N–H and O–H groups in total. The summed E-state index contributed by atoms with van der Waals surface area (Å²) >= 11 is 5.56. The number of carbonyl (C=O) groups excluding carboxylic acids is 1. The molecule has 0 amide bonds. The number of hydrogen-bond donors (Lipinski definition) is 1. The molecule has 1 rings (SSSR count). The predicted octanol–water partition coefficient (Wildman–Crippen LogP) is 1.15. The maximum absolute atomic E-state index is 10.6. The van der Waals surface area contributed by atoms with E-state index in [1.165, 1.54) is 12.1 Å². The quantitative estimate of drug-likeness (QED) is 0.513. The van der Waals surface area contributed by atoms with Crippen LogP contribution in [0.5, 0.6) is 0 Å². The fourth-order valence-corrected chi connectivity index (χ4v) is 1.45. The van der Waals surface area contributed by atoms with Crippen LogP contribution in [0.1, 0.15) is 38.1 Å². The molecule has 102 valence electrons. The first-order valence-electron chi connectivity index (χ1n) is 5.68. The second kappa shape index (κ2) is 11.3. The van der Waals surface area contributed by atoms with Crippen molar-refractivity contribution in [3.05, 3.63) is 40.2 Å². The second-order valence-electron chi connectivity index (χ2n) is 4.23. The zero-order valence-electron chi connectivity index (χ0n) is 12.1. The van der Waals surface area contributed by atoms with Crippen molar-refractivity contribution in [1.82, 2.24) is 0 Å². The molecule has 4 nitrogen and oxygen atoms in total. The largest absolute Gasteiger partial charge is 1.00 e. The summed E-state index contributed by atoms with van der Waals surface area (Å²) in [7, 11) is 0. The molecule has 0 aliphatic heterocycles. The van der Waals surface area contributed by atoms with E-state index in [4.69, 9.17) is 16.9 Å². The maximum atomic E-state index is 10.6. The third kappa shape index (κ3) is 11.1. The Bertz CT molecular complexity index is 367. The average molecular weight is 280 g/mol. The van der Waals surface area contributed by atoms with Gasteiger partial charge in [0.1, 0.15) is 0 Å². The van der Waals surface area contributed by atoms with Gasteiger partial charge in [-0.2, -0.15) is 5.26 Å². The molecule has 0 saturated carbocycles. The average Bonchev–Trinajstić information content (AvgIpc) is 2.27. The van der Waals surface area contributed by atoms with Crippen molar-refractivity contribution in [1.29, 1.82) is 0 Å². The molecule has 0 aromatic heterocycles. The topological polar surface area (TPSA) is 60.6 Å². The maximum Gasteiger partial charge on any atom is 1.00 e. The van der Waals surface area contributed by atoms with Gasteiger partial charge in [0.05, 0.1) is 5.56 Å². The van der Waals surface area contributed by atoms with Gasteiger partial charge in [-0.15, -0.1) is 12.1 Å². The molecule has 0 saturated heterocycles. The van der Waals surface area contributed by atoms with Gasteiger partial charge in [0.25, 0.3) is 0 Å². The van der Waals surface area contributed by atoms with E-state index in [9.17, 15) is 4.79 Å². The minimum atomic E-state index is -0.813. The summed E-state index contributed by atoms with van der Waals surface area (Å²) in [5, 5.41) is 12.7. The Labute approximate surface area is 131 Å². The van der Waals surface area contributed by atoms with E-state index in [2.05, 4.69) is 37.9 Å². The monoisotopic (exact) mass is 279 g/mol. The van der Waals surface area contributed by atoms with Crippen molar-refractivity contribution >= 4 is 17.6 Å². The van der Waals surface area contributed by atoms with E-state index in [0.717, 1.165) is 0 Å². The van der Waals surface area contributed by atoms with Crippen LogP contribution in [0.15, 0.2) is 24.3 Å². The Morgan fingerprint density at radius 1 is 1.26 bits per heavy atom. The summed E-state index contributed by atoms with van der Waals surface area (Å²) in [5.41, 5.74) is 0.222. The number of halogens is 1. The van der Waals surface area contributed by atoms with Crippen LogP contribution in [-0.2, 0) is 4.89 Å². The third-order valence-electron chi connectivity index (χ3n) is 1.74. The Balaban J connectivity index is 0. The molecular weight excluding hydrogens is 261 g/mol. The minimum Gasteiger partial charge on any atom is -0.658 e. The molecule has 1 aromatic rings. The first-order chi connectivity index (χ1) is 8.36. The Hall–Kier alpha value is -0.503. The van der Waals surface area contributed by atoms with Gasteiger partial charge in [-0.25, -0.2) is 4.79 Å². The van der Waals surface area contributed by atoms with Gasteiger partial charge in [0.15, 0.2) is 0 Å². The molecule has 1 aromatic carbocycles. The SMILES string of the molecule is CC(C)[N-]C(C)C.O=C(OO)c1cccc(Cl)c1.[Li+]. The number of hydrogen-bond acceptors (Lipinski definition) is 3. The molecule has 0 aliphatic rings. The van der Waals surface area contributed by atoms with Crippen LogP contribution in [0.4, 0.5) is 0 Å². The van der Waals surface area contributed by atoms with E-state index in [0.29, 0.717) is 17.1 Å². The standard InChI is InChI=1S/C7H5ClO3.C6H14N.Li/c8-6-3-1-2-5(4-6)7(9)11-10;1-5(2)7-6(3)4;/h1-4,10H;5-6H,1-4H3;/q;-1;+1. The van der Waals surface area contributed by atoms with Crippen molar-refractivity contribution in [2.45, 2.75) is 39.8 Å². The summed E-state index contributed by atoms with van der Waals surface area (Å²) in [5.74, 6) is -0.813. The number of benzene rings is 1. The van der Waals surface area contributed by atoms with E-state index in [-0.39, 0.29) is 24.4 Å². The van der Waals surface area contributed by atoms with E-state index in [1.54, 1.807) is 12.1 Å². The first-order valence-corrected chi connectivity index (χ1v) is 6.05. The minimum absolute atomic E-state index is 0. The smallest absolute Gasteiger partial charge is 0.658 e. The van der Waals surface area contributed by atoms with Crippen LogP contribution in [0.25, 0.3) is 5.32 Å². The molecular formula is C13H19ClLiNO3. The van der Waals surface area contributed by atoms with Crippen molar-refractivity contribution < 1.29 is 33.8 Å². The molecule has 6 heteroatoms. The van der Waals surface area contributed by atoms with Crippen molar-refractivity contribution in [2.75, 3.05) is 0 Å². The number of nitrogens with zero attached hydrogens (tertiary/aromatic N) is 1. The van der Waals surface area contributed by atoms with Crippen molar-refractivity contribution in [3.63, 3.8) is 0 Å². The van der Waals surface area contributed by atoms with E-state index < -0.39 is 5.97 Å². The Kier molecular flexibility index (Phi) is 12.4. The number of rotatable bonds is 3. The molecule has 0 spiro atoms. The first kappa shape index (κ1) is 20.8. The van der Waals surface area contributed by atoms with Gasteiger partial charge in [-0.05, 0) is 18.2 Å². The Morgan fingerprint density at radius 2 is 1.79 bits per heavy atom. The third-order valence-corrected chi connectivity index (χ3v) is 1.97. The fourth-order valence-electron chi connectivity index (χ4n) is 1.26. The van der Waals surface area contributed by atoms with Crippen molar-refractivity contribution in [2.24, 2.45) is 0 Å². The summed E-state index contributed by atoms with van der Waals surface area (Å²) in [6.45, 7) is 8.39. The van der Waals surface area contributed by atoms with Crippen molar-refractivity contribution in [3.8, 4) is 0 Å². The van der Waals surface area contributed by atoms with Gasteiger partial charge in [-0.3, -0.25) is 4.89 Å². The zero-order chi connectivity index (χ0) is 14.1. The summed E-state index contributed by atoms with van der Waals surface area (Å²) < 4.78 is 0. The van der Waals surface area contributed by atoms with Crippen LogP contribution in [0.3, 0.4) is 0 Å². The van der Waals surface area contributed by atoms with Gasteiger partial charge < -0.3 is 5.32 Å². The van der Waals surface area contributed by atoms with Gasteiger partial charge >= 0.3 is 24.8 Å². The molecule has 0 heterocycles. The number of carbonyl (C=O) groups is 1. The molecule has 0 unspecified atom stereocenters. The summed E-state index contributed by atoms with van der Waals surface area (Å²) in [4.78, 5) is 14.1. The van der Waals surface area contributed by atoms with E-state index in [1.807, 2.05) is 0 Å². The van der Waals surface area contributed by atoms with E-state index >= 15 is 0 Å². The predicted molar refractivity (Wildman–Crippen MR) is 73.1 cm³/mol. The van der Waals surface area contributed by atoms with Crippen LogP contribution < -0.4 is 18.9 Å². The summed E-state index contributed by atoms with van der Waals surface area (Å²) in [6, 6.07) is 7.11. The normalized spacial score (nSPS) is 9.47. The fraction of sp³-hybridized carbons (Fsp3) is 0.462.